The lowest BCUT2D eigenvalue weighted by Gasteiger charge is -2.16. The van der Waals surface area contributed by atoms with E-state index in [2.05, 4.69) is 0 Å². The quantitative estimate of drug-likeness (QED) is 0.867. The van der Waals surface area contributed by atoms with Gasteiger partial charge in [0.25, 0.3) is 0 Å². The van der Waals surface area contributed by atoms with Crippen LogP contribution in [0.4, 0.5) is 13.2 Å². The zero-order valence-corrected chi connectivity index (χ0v) is 8.92. The van der Waals surface area contributed by atoms with E-state index >= 15 is 0 Å². The van der Waals surface area contributed by atoms with Gasteiger partial charge in [-0.25, -0.2) is 0 Å². The van der Waals surface area contributed by atoms with E-state index in [-0.39, 0.29) is 5.56 Å². The van der Waals surface area contributed by atoms with Gasteiger partial charge in [0.15, 0.2) is 0 Å². The third-order valence-corrected chi connectivity index (χ3v) is 2.06. The molecule has 0 radical (unpaired) electrons. The number of nitrogens with two attached hydrogens (primary N) is 1. The Hall–Kier alpha value is -1.23. The Kier molecular flexibility index (Phi) is 4.18. The molecule has 0 unspecified atom stereocenters. The highest BCUT2D eigenvalue weighted by atomic mass is 19.4. The molecule has 1 atom stereocenters. The van der Waals surface area contributed by atoms with Crippen molar-refractivity contribution in [3.05, 3.63) is 29.8 Å². The number of alkyl halides is 3. The minimum atomic E-state index is -4.41. The van der Waals surface area contributed by atoms with Crippen molar-refractivity contribution < 1.29 is 17.9 Å². The van der Waals surface area contributed by atoms with Crippen molar-refractivity contribution >= 4 is 0 Å². The first-order chi connectivity index (χ1) is 7.45. The number of halogens is 3. The van der Waals surface area contributed by atoms with Gasteiger partial charge in [-0.05, 0) is 24.1 Å². The fraction of sp³-hybridized carbons (Fsp3) is 0.455. The smallest absolute Gasteiger partial charge is 0.407 e. The van der Waals surface area contributed by atoms with Crippen LogP contribution < -0.4 is 10.5 Å². The van der Waals surface area contributed by atoms with Crippen LogP contribution in [0, 0.1) is 0 Å². The van der Waals surface area contributed by atoms with Crippen molar-refractivity contribution in [3.63, 3.8) is 0 Å². The Bertz CT molecular complexity index is 321. The summed E-state index contributed by atoms with van der Waals surface area (Å²) in [5.74, 6) is 0.556. The predicted molar refractivity (Wildman–Crippen MR) is 55.2 cm³/mol. The van der Waals surface area contributed by atoms with Gasteiger partial charge in [-0.3, -0.25) is 0 Å². The average Bonchev–Trinajstić information content (AvgIpc) is 2.25. The van der Waals surface area contributed by atoms with Gasteiger partial charge in [0.1, 0.15) is 11.8 Å². The molecule has 1 rings (SSSR count). The summed E-state index contributed by atoms with van der Waals surface area (Å²) in [5.41, 5.74) is 5.09. The van der Waals surface area contributed by atoms with Gasteiger partial charge in [0.05, 0.1) is 6.61 Å². The Morgan fingerprint density at radius 1 is 1.25 bits per heavy atom. The van der Waals surface area contributed by atoms with Gasteiger partial charge in [-0.2, -0.15) is 13.2 Å². The van der Waals surface area contributed by atoms with E-state index in [0.29, 0.717) is 12.4 Å². The second-order valence-corrected chi connectivity index (χ2v) is 3.44. The lowest BCUT2D eigenvalue weighted by atomic mass is 10.1. The zero-order valence-electron chi connectivity index (χ0n) is 8.92. The van der Waals surface area contributed by atoms with Crippen LogP contribution in [0.1, 0.15) is 24.9 Å². The molecule has 0 spiro atoms. The molecule has 2 nitrogen and oxygen atoms in total. The maximum atomic E-state index is 12.3. The second kappa shape index (κ2) is 5.21. The number of ether oxygens (including phenoxy) is 1. The van der Waals surface area contributed by atoms with Crippen molar-refractivity contribution in [1.82, 2.24) is 0 Å². The summed E-state index contributed by atoms with van der Waals surface area (Å²) < 4.78 is 42.1. The molecule has 0 aliphatic carbocycles. The third kappa shape index (κ3) is 3.41. The molecular weight excluding hydrogens is 219 g/mol. The highest BCUT2D eigenvalue weighted by Gasteiger charge is 2.37. The zero-order chi connectivity index (χ0) is 12.2. The molecular formula is C11H14F3NO. The van der Waals surface area contributed by atoms with E-state index < -0.39 is 12.2 Å². The first kappa shape index (κ1) is 12.8. The fourth-order valence-corrected chi connectivity index (χ4v) is 1.18. The average molecular weight is 233 g/mol. The van der Waals surface area contributed by atoms with E-state index in [0.717, 1.165) is 6.42 Å². The Morgan fingerprint density at radius 2 is 1.81 bits per heavy atom. The van der Waals surface area contributed by atoms with E-state index in [4.69, 9.17) is 10.5 Å². The summed E-state index contributed by atoms with van der Waals surface area (Å²) in [4.78, 5) is 0. The van der Waals surface area contributed by atoms with Gasteiger partial charge in [-0.1, -0.05) is 19.1 Å². The van der Waals surface area contributed by atoms with Crippen LogP contribution in [-0.4, -0.2) is 12.8 Å². The molecule has 0 aromatic heterocycles. The van der Waals surface area contributed by atoms with Crippen molar-refractivity contribution in [2.75, 3.05) is 6.61 Å². The largest absolute Gasteiger partial charge is 0.494 e. The number of hydrogen-bond donors (Lipinski definition) is 1. The normalized spacial score (nSPS) is 13.6. The van der Waals surface area contributed by atoms with Crippen LogP contribution in [0.25, 0.3) is 0 Å². The van der Waals surface area contributed by atoms with Gasteiger partial charge in [-0.15, -0.1) is 0 Å². The third-order valence-electron chi connectivity index (χ3n) is 2.06. The van der Waals surface area contributed by atoms with E-state index in [1.165, 1.54) is 24.3 Å². The number of hydrogen-bond acceptors (Lipinski definition) is 2. The Balaban J connectivity index is 2.71. The summed E-state index contributed by atoms with van der Waals surface area (Å²) in [6, 6.07) is 3.73. The molecule has 90 valence electrons. The van der Waals surface area contributed by atoms with E-state index in [9.17, 15) is 13.2 Å². The second-order valence-electron chi connectivity index (χ2n) is 3.44. The molecule has 0 saturated carbocycles. The molecule has 0 aliphatic heterocycles. The summed E-state index contributed by atoms with van der Waals surface area (Å²) >= 11 is 0. The van der Waals surface area contributed by atoms with Crippen molar-refractivity contribution in [2.45, 2.75) is 25.6 Å². The van der Waals surface area contributed by atoms with Crippen LogP contribution in [0.15, 0.2) is 24.3 Å². The van der Waals surface area contributed by atoms with Crippen LogP contribution in [0.3, 0.4) is 0 Å². The standard InChI is InChI=1S/C11H14F3NO/c1-2-7-16-9-5-3-8(4-6-9)10(15)11(12,13)14/h3-6,10H,2,7,15H2,1H3/t10-/m0/s1. The lowest BCUT2D eigenvalue weighted by Crippen LogP contribution is -2.28. The summed E-state index contributed by atoms with van der Waals surface area (Å²) in [6.45, 7) is 2.50. The maximum Gasteiger partial charge on any atom is 0.407 e. The van der Waals surface area contributed by atoms with Crippen molar-refractivity contribution in [1.29, 1.82) is 0 Å². The molecule has 0 bridgehead atoms. The molecule has 16 heavy (non-hydrogen) atoms. The molecule has 0 amide bonds. The van der Waals surface area contributed by atoms with Crippen LogP contribution in [0.5, 0.6) is 5.75 Å². The van der Waals surface area contributed by atoms with E-state index in [1.807, 2.05) is 6.92 Å². The van der Waals surface area contributed by atoms with Gasteiger partial charge in [0, 0.05) is 0 Å². The molecule has 0 aliphatic rings. The monoisotopic (exact) mass is 233 g/mol. The maximum absolute atomic E-state index is 12.3. The number of benzene rings is 1. The minimum absolute atomic E-state index is 0.0383. The number of rotatable bonds is 4. The van der Waals surface area contributed by atoms with Crippen LogP contribution in [0.2, 0.25) is 0 Å². The highest BCUT2D eigenvalue weighted by Crippen LogP contribution is 2.31. The minimum Gasteiger partial charge on any atom is -0.494 e. The fourth-order valence-electron chi connectivity index (χ4n) is 1.18. The molecule has 0 heterocycles. The highest BCUT2D eigenvalue weighted by molar-refractivity contribution is 5.29. The van der Waals surface area contributed by atoms with E-state index in [1.54, 1.807) is 0 Å². The first-order valence-corrected chi connectivity index (χ1v) is 5.00. The molecule has 1 aromatic carbocycles. The van der Waals surface area contributed by atoms with Crippen molar-refractivity contribution in [2.24, 2.45) is 5.73 Å². The lowest BCUT2D eigenvalue weighted by molar-refractivity contribution is -0.149. The SMILES string of the molecule is CCCOc1ccc([C@H](N)C(F)(F)F)cc1. The summed E-state index contributed by atoms with van der Waals surface area (Å²) in [6.07, 6.45) is -3.56. The Morgan fingerprint density at radius 3 is 2.25 bits per heavy atom. The summed E-state index contributed by atoms with van der Waals surface area (Å²) in [5, 5.41) is 0. The first-order valence-electron chi connectivity index (χ1n) is 5.00. The van der Waals surface area contributed by atoms with Gasteiger partial charge in [0.2, 0.25) is 0 Å². The van der Waals surface area contributed by atoms with Gasteiger partial charge < -0.3 is 10.5 Å². The topological polar surface area (TPSA) is 35.2 Å². The predicted octanol–water partition coefficient (Wildman–Crippen LogP) is 3.04. The molecule has 0 saturated heterocycles. The van der Waals surface area contributed by atoms with Crippen LogP contribution >= 0.6 is 0 Å². The Labute approximate surface area is 92.2 Å². The summed E-state index contributed by atoms with van der Waals surface area (Å²) in [7, 11) is 0. The molecule has 2 N–H and O–H groups in total. The van der Waals surface area contributed by atoms with Crippen molar-refractivity contribution in [3.8, 4) is 5.75 Å². The molecule has 1 aromatic rings. The molecule has 5 heteroatoms. The van der Waals surface area contributed by atoms with Crippen LogP contribution in [-0.2, 0) is 0 Å². The molecule has 0 fully saturated rings. The van der Waals surface area contributed by atoms with Gasteiger partial charge >= 0.3 is 6.18 Å².